The van der Waals surface area contributed by atoms with Crippen LogP contribution in [0.15, 0.2) is 88.6 Å². The van der Waals surface area contributed by atoms with Gasteiger partial charge in [0.1, 0.15) is 44.2 Å². The van der Waals surface area contributed by atoms with Crippen LogP contribution in [0.1, 0.15) is 0 Å². The van der Waals surface area contributed by atoms with Crippen molar-refractivity contribution >= 4 is 128 Å². The molecule has 0 bridgehead atoms. The van der Waals surface area contributed by atoms with Gasteiger partial charge in [-0.05, 0) is 41.8 Å². The van der Waals surface area contributed by atoms with Crippen molar-refractivity contribution in [2.45, 2.75) is 19.6 Å². The maximum absolute atomic E-state index is 13.0. The minimum absolute atomic E-state index is 0. The van der Waals surface area contributed by atoms with Crippen LogP contribution in [0.4, 0.5) is 28.4 Å². The Morgan fingerprint density at radius 2 is 1.32 bits per heavy atom. The quantitative estimate of drug-likeness (QED) is 0.00705. The molecule has 3 N–H and O–H groups in total. The Labute approximate surface area is 485 Å². The molecule has 4 aromatic rings. The molecule has 4 rings (SSSR count). The van der Waals surface area contributed by atoms with E-state index in [0.29, 0.717) is 0 Å². The van der Waals surface area contributed by atoms with Crippen LogP contribution in [0.2, 0.25) is 0 Å². The van der Waals surface area contributed by atoms with Crippen LogP contribution in [0.25, 0.3) is 10.8 Å². The first-order valence-electron chi connectivity index (χ1n) is 15.8. The normalized spacial score (nSPS) is 12.0. The molecule has 0 saturated heterocycles. The molecule has 0 saturated carbocycles. The number of fused-ring (bicyclic) bond motifs is 1. The van der Waals surface area contributed by atoms with E-state index in [1.165, 1.54) is 35.9 Å². The van der Waals surface area contributed by atoms with E-state index >= 15 is 0 Å². The number of nitrogens with two attached hydrogens (primary N) is 1. The Morgan fingerprint density at radius 1 is 0.738 bits per heavy atom. The van der Waals surface area contributed by atoms with Crippen molar-refractivity contribution in [2.75, 3.05) is 44.7 Å². The van der Waals surface area contributed by atoms with E-state index in [4.69, 9.17) is 20.0 Å². The van der Waals surface area contributed by atoms with Gasteiger partial charge in [-0.25, -0.2) is 33.7 Å². The zero-order valence-electron chi connectivity index (χ0n) is 35.3. The number of anilines is 1. The monoisotopic (exact) mass is 1180 g/mol. The molecule has 0 aliphatic carbocycles. The number of methoxy groups -OCH3 is 2. The summed E-state index contributed by atoms with van der Waals surface area (Å²) in [4.78, 5) is -2.07. The Hall–Kier alpha value is 0.370. The number of phenolic OH excluding ortho intramolecular Hbond substituents is 1. The maximum Gasteiger partial charge on any atom is 1.00 e. The van der Waals surface area contributed by atoms with Gasteiger partial charge in [0.05, 0.1) is 82.4 Å². The average Bonchev–Trinajstić information content (AvgIpc) is 3.21. The molecule has 0 aliphatic rings. The standard InChI is InChI=1S/C28H29N5O21S6.HI.4Na/c1-47-19-14-22(58(39,40)10-8-50-60(44,45)46)20(48-2)13-18(19)31-33-27-23(59(41,42)43)12-15-11-21(55-53-51-35)26(28(34)24(15)25(27)29)32-30-16-3-5-17(6-4-16)57(37,38)9-7-49-56-54-52-36;;;;;/h3-6,11-14,34-36H,7-10,29H2,1-2H3,(H,41,42,43)(H,44,45,46);1H;;;;/q;;4*+1/p-4/i/hD. The van der Waals surface area contributed by atoms with Crippen molar-refractivity contribution in [3.63, 3.8) is 0 Å². The van der Waals surface area contributed by atoms with E-state index in [1.807, 2.05) is 0 Å². The SMILES string of the molecule is COc1cc(S(=O)(=O)CCOS(=O)(=O)[O-])c(OC)cc1N=Nc1c(S(=O)(=O)[O-])cc2cc(SOO[O-])c(N=Nc3ccc(S(=O)(=O)CCOSOO[O-])cc3)c(O)c2c1N.[2H]I.[Na+].[Na+].[Na+].[Na+]. The number of rotatable bonds is 22. The van der Waals surface area contributed by atoms with Gasteiger partial charge in [0.15, 0.2) is 37.7 Å². The van der Waals surface area contributed by atoms with Gasteiger partial charge in [0.2, 0.25) is 10.4 Å². The maximum atomic E-state index is 13.0. The predicted molar refractivity (Wildman–Crippen MR) is 211 cm³/mol. The molecular weight excluding hydrogens is 1150 g/mol. The second-order valence-electron chi connectivity index (χ2n) is 10.9. The number of hydrogen-bond acceptors (Lipinski definition) is 28. The topological polar surface area (TPSA) is 398 Å². The third-order valence-electron chi connectivity index (χ3n) is 7.37. The van der Waals surface area contributed by atoms with Crippen molar-refractivity contribution in [3.8, 4) is 17.2 Å². The molecule has 0 atom stereocenters. The minimum Gasteiger partial charge on any atom is -0.744 e. The van der Waals surface area contributed by atoms with Crippen LogP contribution >= 0.6 is 48.1 Å². The summed E-state index contributed by atoms with van der Waals surface area (Å²) < 4.78 is 154. The first kappa shape index (κ1) is 65.4. The summed E-state index contributed by atoms with van der Waals surface area (Å²) in [5.74, 6) is -3.12. The summed E-state index contributed by atoms with van der Waals surface area (Å²) in [6.07, 6.45) is 0. The van der Waals surface area contributed by atoms with Gasteiger partial charge in [-0.3, -0.25) is 18.4 Å². The third kappa shape index (κ3) is 19.1. The number of ether oxygens (including phenoxy) is 2. The van der Waals surface area contributed by atoms with Gasteiger partial charge in [0, 0.05) is 12.1 Å². The van der Waals surface area contributed by atoms with Gasteiger partial charge in [-0.1, -0.05) is 0 Å². The van der Waals surface area contributed by atoms with Crippen molar-refractivity contribution in [1.82, 2.24) is 0 Å². The second-order valence-corrected chi connectivity index (χ2v) is 18.8. The van der Waals surface area contributed by atoms with Gasteiger partial charge >= 0.3 is 118 Å². The molecule has 0 unspecified atom stereocenters. The molecule has 26 nitrogen and oxygen atoms in total. The smallest absolute Gasteiger partial charge is 0.744 e. The zero-order valence-corrected chi connectivity index (χ0v) is 49.3. The molecule has 0 spiro atoms. The van der Waals surface area contributed by atoms with Crippen LogP contribution in [-0.4, -0.2) is 87.4 Å². The van der Waals surface area contributed by atoms with Crippen LogP contribution < -0.4 is 144 Å². The fourth-order valence-corrected chi connectivity index (χ4v) is 9.01. The van der Waals surface area contributed by atoms with Gasteiger partial charge in [0.25, 0.3) is 0 Å². The average molecular weight is 1180 g/mol. The van der Waals surface area contributed by atoms with E-state index in [9.17, 15) is 58.4 Å². The summed E-state index contributed by atoms with van der Waals surface area (Å²) in [5.41, 5.74) is 3.98. The molecule has 0 aromatic heterocycles. The number of phenols is 1. The fourth-order valence-electron chi connectivity index (χ4n) is 4.80. The number of sulfone groups is 2. The van der Waals surface area contributed by atoms with Crippen LogP contribution in [-0.2, 0) is 67.3 Å². The number of benzene rings is 4. The fraction of sp³-hybridized carbons (Fsp3) is 0.214. The molecule has 65 heavy (non-hydrogen) atoms. The molecule has 0 amide bonds. The molecule has 4 aromatic carbocycles. The number of nitrogens with zero attached hydrogens (tertiary/aromatic N) is 4. The van der Waals surface area contributed by atoms with Crippen molar-refractivity contribution in [3.05, 3.63) is 48.5 Å². The Kier molecular flexibility index (Phi) is 30.5. The first-order valence-corrected chi connectivity index (χ1v) is 22.8. The molecule has 0 radical (unpaired) electrons. The minimum atomic E-state index is -5.45. The van der Waals surface area contributed by atoms with Crippen LogP contribution in [0, 0.1) is 0 Å². The summed E-state index contributed by atoms with van der Waals surface area (Å²) in [7, 11) is -16.9. The molecule has 0 fully saturated rings. The summed E-state index contributed by atoms with van der Waals surface area (Å²) in [6, 6.07) is 8.44. The van der Waals surface area contributed by atoms with E-state index in [0.717, 1.165) is 50.6 Å². The first-order chi connectivity index (χ1) is 29.2. The molecule has 0 aliphatic heterocycles. The summed E-state index contributed by atoms with van der Waals surface area (Å²) in [5, 5.41) is 53.3. The molecular formula is C28H26IN5Na4O21S6. The van der Waals surface area contributed by atoms with Crippen LogP contribution in [0.5, 0.6) is 17.2 Å². The van der Waals surface area contributed by atoms with Gasteiger partial charge in [-0.2, -0.15) is 9.45 Å². The Balaban J connectivity index is 0. The van der Waals surface area contributed by atoms with Gasteiger partial charge in [-0.15, -0.1) is 43.5 Å². The zero-order chi connectivity index (χ0) is 46.5. The number of halogens is 1. The van der Waals surface area contributed by atoms with Crippen molar-refractivity contribution < 1.29 is 213 Å². The predicted octanol–water partition coefficient (Wildman–Crippen LogP) is -9.43. The van der Waals surface area contributed by atoms with Crippen molar-refractivity contribution in [1.29, 1.82) is 0.594 Å². The Morgan fingerprint density at radius 3 is 1.88 bits per heavy atom. The Bertz CT molecular complexity index is 2760. The van der Waals surface area contributed by atoms with Crippen molar-refractivity contribution in [2.24, 2.45) is 20.5 Å². The summed E-state index contributed by atoms with van der Waals surface area (Å²) >= 11 is 1.70. The second kappa shape index (κ2) is 30.3. The van der Waals surface area contributed by atoms with Crippen LogP contribution in [0.3, 0.4) is 0 Å². The number of hydrogen-bond donors (Lipinski definition) is 2. The third-order valence-corrected chi connectivity index (χ3v) is 13.1. The molecule has 336 valence electrons. The van der Waals surface area contributed by atoms with E-state index < -0.39 is 96.7 Å². The molecule has 37 heteroatoms. The number of nitrogen functional groups attached to an aromatic ring is 1. The largest absolute Gasteiger partial charge is 1.00 e. The van der Waals surface area contributed by atoms with Gasteiger partial charge < -0.3 is 39.9 Å². The van der Waals surface area contributed by atoms with E-state index in [2.05, 4.69) is 43.4 Å². The molecule has 0 heterocycles. The van der Waals surface area contributed by atoms with E-state index in [1.54, 1.807) is 0 Å². The number of aromatic hydroxyl groups is 1. The number of azo groups is 2. The van der Waals surface area contributed by atoms with E-state index in [-0.39, 0.29) is 187 Å². The summed E-state index contributed by atoms with van der Waals surface area (Å²) in [6.45, 7) is -1.42.